The molecule has 0 spiro atoms. The van der Waals surface area contributed by atoms with Crippen LogP contribution in [0.2, 0.25) is 0 Å². The summed E-state index contributed by atoms with van der Waals surface area (Å²) in [6, 6.07) is 0. The number of fused-ring (bicyclic) bond motifs is 1. The number of nitrogens with zero attached hydrogens (tertiary/aromatic N) is 2. The van der Waals surface area contributed by atoms with Crippen LogP contribution in [0, 0.1) is 0 Å². The molecule has 1 aliphatic rings. The van der Waals surface area contributed by atoms with Gasteiger partial charge in [0.1, 0.15) is 12.7 Å². The third-order valence-electron chi connectivity index (χ3n) is 1.48. The van der Waals surface area contributed by atoms with Gasteiger partial charge in [-0.15, -0.1) is 0 Å². The summed E-state index contributed by atoms with van der Waals surface area (Å²) in [5.74, 6) is 1.12. The van der Waals surface area contributed by atoms with Crippen LogP contribution in [0.5, 0.6) is 11.6 Å². The number of halogens is 1. The molecule has 5 heteroatoms. The molecule has 0 aromatic carbocycles. The van der Waals surface area contributed by atoms with Crippen molar-refractivity contribution in [1.82, 2.24) is 9.97 Å². The highest BCUT2D eigenvalue weighted by atomic mass is 79.9. The van der Waals surface area contributed by atoms with E-state index in [0.717, 1.165) is 0 Å². The highest BCUT2D eigenvalue weighted by Crippen LogP contribution is 2.29. The van der Waals surface area contributed by atoms with Crippen molar-refractivity contribution in [2.45, 2.75) is 13.0 Å². The van der Waals surface area contributed by atoms with Crippen LogP contribution >= 0.6 is 15.9 Å². The van der Waals surface area contributed by atoms with E-state index in [1.165, 1.54) is 0 Å². The molecule has 2 rings (SSSR count). The van der Waals surface area contributed by atoms with E-state index < -0.39 is 0 Å². The average molecular weight is 231 g/mol. The molecule has 1 aromatic heterocycles. The van der Waals surface area contributed by atoms with E-state index in [-0.39, 0.29) is 6.10 Å². The molecule has 0 amide bonds. The second-order valence-corrected chi connectivity index (χ2v) is 3.26. The fourth-order valence-electron chi connectivity index (χ4n) is 0.966. The summed E-state index contributed by atoms with van der Waals surface area (Å²) >= 11 is 3.15. The molecule has 0 bridgehead atoms. The Bertz CT molecular complexity index is 305. The Morgan fingerprint density at radius 3 is 3.33 bits per heavy atom. The van der Waals surface area contributed by atoms with Crippen LogP contribution in [-0.4, -0.2) is 22.7 Å². The molecular weight excluding hydrogens is 224 g/mol. The SMILES string of the molecule is CC1COc2nc(Br)ncc2O1. The molecule has 4 nitrogen and oxygen atoms in total. The summed E-state index contributed by atoms with van der Waals surface area (Å²) in [7, 11) is 0. The van der Waals surface area contributed by atoms with Gasteiger partial charge in [0.05, 0.1) is 6.20 Å². The zero-order valence-corrected chi connectivity index (χ0v) is 8.04. The van der Waals surface area contributed by atoms with E-state index in [1.807, 2.05) is 6.92 Å². The predicted molar refractivity (Wildman–Crippen MR) is 45.3 cm³/mol. The minimum absolute atomic E-state index is 0.0716. The molecule has 0 aliphatic carbocycles. The summed E-state index contributed by atoms with van der Waals surface area (Å²) in [4.78, 5) is 7.93. The Labute approximate surface area is 78.1 Å². The van der Waals surface area contributed by atoms with Crippen LogP contribution in [0.4, 0.5) is 0 Å². The minimum Gasteiger partial charge on any atom is -0.480 e. The standard InChI is InChI=1S/C7H7BrN2O2/c1-4-3-11-6-5(12-4)2-9-7(8)10-6/h2,4H,3H2,1H3. The lowest BCUT2D eigenvalue weighted by Gasteiger charge is -2.22. The molecule has 1 aliphatic heterocycles. The van der Waals surface area contributed by atoms with E-state index >= 15 is 0 Å². The van der Waals surface area contributed by atoms with E-state index in [4.69, 9.17) is 9.47 Å². The van der Waals surface area contributed by atoms with Crippen molar-refractivity contribution in [3.05, 3.63) is 10.9 Å². The Hall–Kier alpha value is -0.840. The van der Waals surface area contributed by atoms with Crippen LogP contribution < -0.4 is 9.47 Å². The number of hydrogen-bond donors (Lipinski definition) is 0. The van der Waals surface area contributed by atoms with Gasteiger partial charge in [0.2, 0.25) is 0 Å². The molecule has 2 heterocycles. The fraction of sp³-hybridized carbons (Fsp3) is 0.429. The molecule has 64 valence electrons. The van der Waals surface area contributed by atoms with Gasteiger partial charge in [-0.1, -0.05) is 0 Å². The zero-order chi connectivity index (χ0) is 8.55. The Kier molecular flexibility index (Phi) is 1.88. The number of hydrogen-bond acceptors (Lipinski definition) is 4. The van der Waals surface area contributed by atoms with E-state index in [1.54, 1.807) is 6.20 Å². The van der Waals surface area contributed by atoms with Crippen molar-refractivity contribution in [3.8, 4) is 11.6 Å². The summed E-state index contributed by atoms with van der Waals surface area (Å²) in [5, 5.41) is 0. The fourth-order valence-corrected chi connectivity index (χ4v) is 1.23. The molecular formula is C7H7BrN2O2. The maximum absolute atomic E-state index is 5.42. The van der Waals surface area contributed by atoms with Gasteiger partial charge >= 0.3 is 0 Å². The lowest BCUT2D eigenvalue weighted by Crippen LogP contribution is -2.26. The second-order valence-electron chi connectivity index (χ2n) is 2.55. The van der Waals surface area contributed by atoms with Gasteiger partial charge < -0.3 is 9.47 Å². The maximum Gasteiger partial charge on any atom is 0.261 e. The summed E-state index contributed by atoms with van der Waals surface area (Å²) < 4.78 is 11.2. The Morgan fingerprint density at radius 2 is 2.50 bits per heavy atom. The van der Waals surface area contributed by atoms with Crippen molar-refractivity contribution in [2.24, 2.45) is 0 Å². The molecule has 1 aromatic rings. The molecule has 12 heavy (non-hydrogen) atoms. The van der Waals surface area contributed by atoms with Gasteiger partial charge in [-0.2, -0.15) is 4.98 Å². The smallest absolute Gasteiger partial charge is 0.261 e. The number of aromatic nitrogens is 2. The van der Waals surface area contributed by atoms with Crippen molar-refractivity contribution in [3.63, 3.8) is 0 Å². The molecule has 0 N–H and O–H groups in total. The second kappa shape index (κ2) is 2.90. The molecule has 0 fully saturated rings. The van der Waals surface area contributed by atoms with Crippen LogP contribution in [0.1, 0.15) is 6.92 Å². The molecule has 0 saturated heterocycles. The monoisotopic (exact) mass is 230 g/mol. The van der Waals surface area contributed by atoms with Crippen LogP contribution in [0.15, 0.2) is 10.9 Å². The molecule has 1 unspecified atom stereocenters. The third-order valence-corrected chi connectivity index (χ3v) is 1.86. The topological polar surface area (TPSA) is 44.2 Å². The lowest BCUT2D eigenvalue weighted by atomic mass is 10.4. The Morgan fingerprint density at radius 1 is 1.67 bits per heavy atom. The number of ether oxygens (including phenoxy) is 2. The highest BCUT2D eigenvalue weighted by Gasteiger charge is 2.18. The summed E-state index contributed by atoms with van der Waals surface area (Å²) in [6.07, 6.45) is 1.67. The Balaban J connectivity index is 2.37. The first-order valence-corrected chi connectivity index (χ1v) is 4.37. The average Bonchev–Trinajstić information content (AvgIpc) is 2.05. The van der Waals surface area contributed by atoms with E-state index in [2.05, 4.69) is 25.9 Å². The van der Waals surface area contributed by atoms with Gasteiger partial charge in [0.25, 0.3) is 5.88 Å². The minimum atomic E-state index is 0.0716. The van der Waals surface area contributed by atoms with Crippen LogP contribution in [0.3, 0.4) is 0 Å². The van der Waals surface area contributed by atoms with Crippen molar-refractivity contribution < 1.29 is 9.47 Å². The molecule has 1 atom stereocenters. The summed E-state index contributed by atoms with van der Waals surface area (Å²) in [6.45, 7) is 2.47. The normalized spacial score (nSPS) is 20.7. The van der Waals surface area contributed by atoms with Crippen molar-refractivity contribution >= 4 is 15.9 Å². The quantitative estimate of drug-likeness (QED) is 0.633. The predicted octanol–water partition coefficient (Wildman–Crippen LogP) is 1.40. The van der Waals surface area contributed by atoms with Gasteiger partial charge in [0, 0.05) is 0 Å². The van der Waals surface area contributed by atoms with Crippen molar-refractivity contribution in [2.75, 3.05) is 6.61 Å². The lowest BCUT2D eigenvalue weighted by molar-refractivity contribution is 0.0976. The molecule has 0 saturated carbocycles. The number of rotatable bonds is 0. The first-order valence-electron chi connectivity index (χ1n) is 3.57. The van der Waals surface area contributed by atoms with Gasteiger partial charge in [-0.3, -0.25) is 0 Å². The maximum atomic E-state index is 5.42. The largest absolute Gasteiger partial charge is 0.480 e. The molecule has 0 radical (unpaired) electrons. The van der Waals surface area contributed by atoms with Gasteiger partial charge in [-0.25, -0.2) is 4.98 Å². The third kappa shape index (κ3) is 1.36. The van der Waals surface area contributed by atoms with E-state index in [9.17, 15) is 0 Å². The zero-order valence-electron chi connectivity index (χ0n) is 6.45. The van der Waals surface area contributed by atoms with Crippen LogP contribution in [-0.2, 0) is 0 Å². The van der Waals surface area contributed by atoms with E-state index in [0.29, 0.717) is 23.0 Å². The summed E-state index contributed by atoms with van der Waals surface area (Å²) in [5.41, 5.74) is 0. The van der Waals surface area contributed by atoms with Crippen molar-refractivity contribution in [1.29, 1.82) is 0 Å². The first kappa shape index (κ1) is 7.79. The van der Waals surface area contributed by atoms with Crippen LogP contribution in [0.25, 0.3) is 0 Å². The van der Waals surface area contributed by atoms with Gasteiger partial charge in [0.15, 0.2) is 10.5 Å². The first-order chi connectivity index (χ1) is 5.75. The highest BCUT2D eigenvalue weighted by molar-refractivity contribution is 9.10. The van der Waals surface area contributed by atoms with Gasteiger partial charge in [-0.05, 0) is 22.9 Å².